The molecule has 1 aliphatic heterocycles. The second-order valence-electron chi connectivity index (χ2n) is 8.84. The molecule has 0 spiro atoms. The highest BCUT2D eigenvalue weighted by molar-refractivity contribution is 7.85. The molecule has 2 N–H and O–H groups in total. The highest BCUT2D eigenvalue weighted by Crippen LogP contribution is 2.37. The number of aromatic amines is 1. The Morgan fingerprint density at radius 2 is 1.97 bits per heavy atom. The van der Waals surface area contributed by atoms with Gasteiger partial charge in [0.1, 0.15) is 5.39 Å². The number of hydrogen-bond donors (Lipinski definition) is 2. The Hall–Kier alpha value is -3.65. The molecule has 1 aromatic carbocycles. The van der Waals surface area contributed by atoms with Crippen LogP contribution in [0.3, 0.4) is 0 Å². The lowest BCUT2D eigenvalue weighted by molar-refractivity contribution is 0.0794. The number of H-pyrrole nitrogens is 1. The highest BCUT2D eigenvalue weighted by Gasteiger charge is 2.40. The van der Waals surface area contributed by atoms with Gasteiger partial charge in [0, 0.05) is 35.1 Å². The summed E-state index contributed by atoms with van der Waals surface area (Å²) in [6.07, 6.45) is 2.33. The molecule has 0 saturated carbocycles. The third-order valence-corrected chi connectivity index (χ3v) is 7.96. The van der Waals surface area contributed by atoms with Crippen LogP contribution in [0.15, 0.2) is 46.2 Å². The number of nitriles is 1. The van der Waals surface area contributed by atoms with Gasteiger partial charge < -0.3 is 19.9 Å². The number of rotatable bonds is 6. The van der Waals surface area contributed by atoms with Gasteiger partial charge in [0.25, 0.3) is 5.56 Å². The summed E-state index contributed by atoms with van der Waals surface area (Å²) in [6.45, 7) is 4.63. The van der Waals surface area contributed by atoms with E-state index in [4.69, 9.17) is 9.84 Å². The summed E-state index contributed by atoms with van der Waals surface area (Å²) in [6, 6.07) is 11.2. The molecule has 35 heavy (non-hydrogen) atoms. The van der Waals surface area contributed by atoms with Gasteiger partial charge in [-0.15, -0.1) is 0 Å². The average molecular weight is 497 g/mol. The van der Waals surface area contributed by atoms with E-state index in [1.165, 1.54) is 7.11 Å². The molecule has 0 radical (unpaired) electrons. The molecule has 11 heteroatoms. The van der Waals surface area contributed by atoms with E-state index >= 15 is 0 Å². The van der Waals surface area contributed by atoms with Gasteiger partial charge in [-0.1, -0.05) is 13.8 Å². The summed E-state index contributed by atoms with van der Waals surface area (Å²) in [5, 5.41) is 18.0. The molecule has 1 saturated heterocycles. The van der Waals surface area contributed by atoms with Crippen LogP contribution in [0.5, 0.6) is 0 Å². The largest absolute Gasteiger partial charge is 0.453 e. The number of fused-ring (bicyclic) bond motifs is 1. The van der Waals surface area contributed by atoms with Gasteiger partial charge in [0.2, 0.25) is 0 Å². The van der Waals surface area contributed by atoms with E-state index < -0.39 is 22.4 Å². The molecule has 0 aliphatic carbocycles. The molecule has 3 aromatic rings. The van der Waals surface area contributed by atoms with Gasteiger partial charge in [0.05, 0.1) is 41.5 Å². The maximum atomic E-state index is 12.8. The van der Waals surface area contributed by atoms with Gasteiger partial charge in [-0.2, -0.15) is 10.4 Å². The number of likely N-dealkylation sites (tertiary alicyclic amines) is 1. The first-order valence-corrected chi connectivity index (χ1v) is 12.6. The quantitative estimate of drug-likeness (QED) is 0.534. The Morgan fingerprint density at radius 1 is 1.29 bits per heavy atom. The van der Waals surface area contributed by atoms with E-state index in [0.29, 0.717) is 48.3 Å². The van der Waals surface area contributed by atoms with Gasteiger partial charge >= 0.3 is 6.09 Å². The molecule has 4 rings (SSSR count). The van der Waals surface area contributed by atoms with Crippen molar-refractivity contribution in [2.75, 3.05) is 25.5 Å². The fraction of sp³-hybridized carbons (Fsp3) is 0.417. The predicted molar refractivity (Wildman–Crippen MR) is 133 cm³/mol. The Bertz CT molecular complexity index is 1350. The van der Waals surface area contributed by atoms with E-state index in [0.717, 1.165) is 4.90 Å². The Labute approximate surface area is 205 Å². The number of benzene rings is 1. The van der Waals surface area contributed by atoms with Crippen molar-refractivity contribution in [2.45, 2.75) is 48.8 Å². The van der Waals surface area contributed by atoms with Crippen molar-refractivity contribution in [2.24, 2.45) is 0 Å². The third-order valence-electron chi connectivity index (χ3n) is 6.37. The third kappa shape index (κ3) is 4.66. The van der Waals surface area contributed by atoms with Crippen LogP contribution in [-0.4, -0.2) is 55.4 Å². The average Bonchev–Trinajstić information content (AvgIpc) is 3.24. The van der Waals surface area contributed by atoms with Crippen LogP contribution in [0.1, 0.15) is 33.1 Å². The van der Waals surface area contributed by atoms with Crippen LogP contribution < -0.4 is 10.9 Å². The summed E-state index contributed by atoms with van der Waals surface area (Å²) in [5.41, 5.74) is 0.325. The molecular formula is C24H28N6O4S. The number of carbonyl (C=O) groups excluding carboxylic acids is 1. The Balaban J connectivity index is 1.72. The molecule has 0 bridgehead atoms. The number of piperidine rings is 1. The smallest absolute Gasteiger partial charge is 0.409 e. The van der Waals surface area contributed by atoms with E-state index in [-0.39, 0.29) is 17.2 Å². The summed E-state index contributed by atoms with van der Waals surface area (Å²) >= 11 is 0. The number of nitrogens with one attached hydrogen (secondary N) is 2. The number of carbonyl (C=O) groups is 1. The first kappa shape index (κ1) is 24.5. The minimum absolute atomic E-state index is 0.00827. The first-order chi connectivity index (χ1) is 16.8. The van der Waals surface area contributed by atoms with Crippen LogP contribution in [0, 0.1) is 11.3 Å². The Morgan fingerprint density at radius 3 is 2.57 bits per heavy atom. The molecule has 10 nitrogen and oxygen atoms in total. The van der Waals surface area contributed by atoms with Crippen molar-refractivity contribution in [3.63, 3.8) is 0 Å². The summed E-state index contributed by atoms with van der Waals surface area (Å²) in [5.74, 6) is 0.368. The van der Waals surface area contributed by atoms with Gasteiger partial charge in [-0.05, 0) is 43.2 Å². The first-order valence-electron chi connectivity index (χ1n) is 11.4. The molecule has 184 valence electrons. The number of anilines is 2. The minimum atomic E-state index is -1.10. The lowest BCUT2D eigenvalue weighted by Crippen LogP contribution is -2.48. The SMILES string of the molecule is COC(=O)N1CCC(CC#N)(n2nc(Nc3ccc(S(=O)C(C)C)cc3)c3c(=O)[nH]ccc32)CC1. The van der Waals surface area contributed by atoms with Gasteiger partial charge in [-0.3, -0.25) is 13.7 Å². The molecule has 3 heterocycles. The standard InChI is InChI=1S/C24H28N6O4S/c1-16(2)35(33)18-6-4-17(5-7-18)27-21-20-19(8-13-26-22(20)31)30(28-21)24(9-12-25)10-14-29(15-11-24)23(32)34-3/h4-8,13,16H,9-11,14-15H2,1-3H3,(H,26,31)(H,27,28). The second-order valence-corrected chi connectivity index (χ2v) is 10.8. The van der Waals surface area contributed by atoms with Crippen molar-refractivity contribution < 1.29 is 13.7 Å². The van der Waals surface area contributed by atoms with Crippen molar-refractivity contribution in [3.05, 3.63) is 46.9 Å². The number of nitrogens with zero attached hydrogens (tertiary/aromatic N) is 4. The summed E-state index contributed by atoms with van der Waals surface area (Å²) < 4.78 is 19.0. The topological polar surface area (TPSA) is 133 Å². The van der Waals surface area contributed by atoms with Crippen LogP contribution in [0.4, 0.5) is 16.3 Å². The number of ether oxygens (including phenoxy) is 1. The monoisotopic (exact) mass is 496 g/mol. The number of hydrogen-bond acceptors (Lipinski definition) is 7. The maximum Gasteiger partial charge on any atom is 0.409 e. The number of pyridine rings is 1. The zero-order chi connectivity index (χ0) is 25.2. The van der Waals surface area contributed by atoms with Crippen LogP contribution in [0.2, 0.25) is 0 Å². The van der Waals surface area contributed by atoms with E-state index in [2.05, 4.69) is 16.4 Å². The molecule has 1 fully saturated rings. The number of aromatic nitrogens is 3. The fourth-order valence-electron chi connectivity index (χ4n) is 4.45. The van der Waals surface area contributed by atoms with Crippen LogP contribution in [-0.2, 0) is 21.1 Å². The number of methoxy groups -OCH3 is 1. The minimum Gasteiger partial charge on any atom is -0.453 e. The Kier molecular flexibility index (Phi) is 6.93. The zero-order valence-corrected chi connectivity index (χ0v) is 20.7. The van der Waals surface area contributed by atoms with Gasteiger partial charge in [-0.25, -0.2) is 4.79 Å². The molecule has 2 aromatic heterocycles. The van der Waals surface area contributed by atoms with E-state index in [1.807, 2.05) is 13.8 Å². The molecule has 1 amide bonds. The van der Waals surface area contributed by atoms with E-state index in [1.54, 1.807) is 46.1 Å². The fourth-order valence-corrected chi connectivity index (χ4v) is 5.40. The van der Waals surface area contributed by atoms with Crippen molar-refractivity contribution >= 4 is 39.3 Å². The molecule has 1 aliphatic rings. The van der Waals surface area contributed by atoms with E-state index in [9.17, 15) is 19.1 Å². The normalized spacial score (nSPS) is 16.1. The van der Waals surface area contributed by atoms with Crippen molar-refractivity contribution in [1.29, 1.82) is 5.26 Å². The van der Waals surface area contributed by atoms with Gasteiger partial charge in [0.15, 0.2) is 5.82 Å². The molecular weight excluding hydrogens is 468 g/mol. The van der Waals surface area contributed by atoms with Crippen LogP contribution in [0.25, 0.3) is 10.9 Å². The lowest BCUT2D eigenvalue weighted by Gasteiger charge is -2.40. The van der Waals surface area contributed by atoms with Crippen molar-refractivity contribution in [1.82, 2.24) is 19.7 Å². The second kappa shape index (κ2) is 9.92. The maximum absolute atomic E-state index is 12.8. The molecule has 1 unspecified atom stereocenters. The molecule has 1 atom stereocenters. The lowest BCUT2D eigenvalue weighted by atomic mass is 9.85. The highest BCUT2D eigenvalue weighted by atomic mass is 32.2. The summed E-state index contributed by atoms with van der Waals surface area (Å²) in [7, 11) is 0.245. The number of amides is 1. The van der Waals surface area contributed by atoms with Crippen molar-refractivity contribution in [3.8, 4) is 6.07 Å². The zero-order valence-electron chi connectivity index (χ0n) is 19.9. The van der Waals surface area contributed by atoms with Crippen LogP contribution >= 0.6 is 0 Å². The predicted octanol–water partition coefficient (Wildman–Crippen LogP) is 3.46. The summed E-state index contributed by atoms with van der Waals surface area (Å²) in [4.78, 5) is 29.8.